The van der Waals surface area contributed by atoms with E-state index in [-0.39, 0.29) is 0 Å². The summed E-state index contributed by atoms with van der Waals surface area (Å²) < 4.78 is 0. The van der Waals surface area contributed by atoms with Gasteiger partial charge in [0.15, 0.2) is 0 Å². The van der Waals surface area contributed by atoms with Crippen molar-refractivity contribution in [3.8, 4) is 0 Å². The van der Waals surface area contributed by atoms with E-state index in [1.165, 1.54) is 49.0 Å². The van der Waals surface area contributed by atoms with Crippen molar-refractivity contribution in [3.63, 3.8) is 0 Å². The average molecular weight is 317 g/mol. The van der Waals surface area contributed by atoms with Crippen molar-refractivity contribution < 1.29 is 0 Å². The molecule has 1 aliphatic carbocycles. The lowest BCUT2D eigenvalue weighted by Gasteiger charge is -2.27. The molecule has 0 saturated heterocycles. The Labute approximate surface area is 146 Å². The number of anilines is 2. The molecule has 3 rings (SSSR count). The molecule has 1 saturated carbocycles. The standard InChI is InChI=1S/C23H27N/c1-19-13-17-23(18-14-19)24(22-11-7-4-8-12-22)20(2)15-16-21-9-5-3-6-10-21/h4,7-8,11-14,16-18H,2-3,5-6,9-10,15H2,1H3. The van der Waals surface area contributed by atoms with E-state index < -0.39 is 0 Å². The van der Waals surface area contributed by atoms with Crippen LogP contribution in [0.2, 0.25) is 0 Å². The fourth-order valence-electron chi connectivity index (χ4n) is 3.35. The molecule has 2 aromatic rings. The highest BCUT2D eigenvalue weighted by Crippen LogP contribution is 2.31. The van der Waals surface area contributed by atoms with Gasteiger partial charge in [0.2, 0.25) is 0 Å². The first-order valence-electron chi connectivity index (χ1n) is 9.01. The van der Waals surface area contributed by atoms with Gasteiger partial charge in [-0.25, -0.2) is 0 Å². The van der Waals surface area contributed by atoms with Gasteiger partial charge in [0.05, 0.1) is 0 Å². The molecule has 124 valence electrons. The summed E-state index contributed by atoms with van der Waals surface area (Å²) in [5, 5.41) is 0. The first-order chi connectivity index (χ1) is 11.7. The molecule has 0 N–H and O–H groups in total. The van der Waals surface area contributed by atoms with Crippen LogP contribution in [0, 0.1) is 6.92 Å². The highest BCUT2D eigenvalue weighted by molar-refractivity contribution is 5.68. The van der Waals surface area contributed by atoms with Crippen LogP contribution in [0.15, 0.2) is 78.5 Å². The van der Waals surface area contributed by atoms with Gasteiger partial charge < -0.3 is 4.90 Å². The third-order valence-corrected chi connectivity index (χ3v) is 4.74. The van der Waals surface area contributed by atoms with Crippen molar-refractivity contribution in [1.82, 2.24) is 0 Å². The summed E-state index contributed by atoms with van der Waals surface area (Å²) in [6, 6.07) is 19.2. The third-order valence-electron chi connectivity index (χ3n) is 4.74. The van der Waals surface area contributed by atoms with Crippen LogP contribution in [0.3, 0.4) is 0 Å². The topological polar surface area (TPSA) is 3.24 Å². The van der Waals surface area contributed by atoms with E-state index in [4.69, 9.17) is 0 Å². The second-order valence-electron chi connectivity index (χ2n) is 6.70. The minimum absolute atomic E-state index is 0.915. The lowest BCUT2D eigenvalue weighted by atomic mass is 9.94. The first-order valence-corrected chi connectivity index (χ1v) is 9.01. The highest BCUT2D eigenvalue weighted by atomic mass is 15.1. The minimum atomic E-state index is 0.915. The monoisotopic (exact) mass is 317 g/mol. The Balaban J connectivity index is 1.84. The largest absolute Gasteiger partial charge is 0.315 e. The zero-order chi connectivity index (χ0) is 16.8. The van der Waals surface area contributed by atoms with Gasteiger partial charge in [0.1, 0.15) is 0 Å². The van der Waals surface area contributed by atoms with Crippen LogP contribution >= 0.6 is 0 Å². The fourth-order valence-corrected chi connectivity index (χ4v) is 3.35. The molecular formula is C23H27N. The Hall–Kier alpha value is -2.28. The van der Waals surface area contributed by atoms with Gasteiger partial charge in [-0.2, -0.15) is 0 Å². The first kappa shape index (κ1) is 16.6. The lowest BCUT2D eigenvalue weighted by Crippen LogP contribution is -2.15. The minimum Gasteiger partial charge on any atom is -0.315 e. The van der Waals surface area contributed by atoms with Gasteiger partial charge in [-0.15, -0.1) is 0 Å². The molecule has 0 radical (unpaired) electrons. The SMILES string of the molecule is C=C(CC=C1CCCCC1)N(c1ccccc1)c1ccc(C)cc1. The van der Waals surface area contributed by atoms with Gasteiger partial charge in [-0.3, -0.25) is 0 Å². The third kappa shape index (κ3) is 4.17. The van der Waals surface area contributed by atoms with Crippen molar-refractivity contribution in [2.24, 2.45) is 0 Å². The molecule has 2 aromatic carbocycles. The van der Waals surface area contributed by atoms with Gasteiger partial charge in [-0.1, -0.05) is 60.5 Å². The molecule has 24 heavy (non-hydrogen) atoms. The van der Waals surface area contributed by atoms with E-state index in [0.29, 0.717) is 0 Å². The summed E-state index contributed by atoms with van der Waals surface area (Å²) in [6.45, 7) is 6.52. The Kier molecular flexibility index (Phi) is 5.53. The van der Waals surface area contributed by atoms with E-state index in [1.54, 1.807) is 5.57 Å². The number of hydrogen-bond donors (Lipinski definition) is 0. The molecule has 0 atom stereocenters. The molecule has 1 aliphatic rings. The quantitative estimate of drug-likeness (QED) is 0.540. The highest BCUT2D eigenvalue weighted by Gasteiger charge is 2.13. The van der Waals surface area contributed by atoms with Crippen LogP contribution in [0.4, 0.5) is 11.4 Å². The van der Waals surface area contributed by atoms with Crippen LogP contribution in [0.25, 0.3) is 0 Å². The molecule has 1 heteroatoms. The summed E-state index contributed by atoms with van der Waals surface area (Å²) in [7, 11) is 0. The average Bonchev–Trinajstić information content (AvgIpc) is 2.64. The molecule has 0 aliphatic heterocycles. The fraction of sp³-hybridized carbons (Fsp3) is 0.304. The van der Waals surface area contributed by atoms with Crippen LogP contribution in [-0.4, -0.2) is 0 Å². The number of rotatable bonds is 5. The van der Waals surface area contributed by atoms with Crippen molar-refractivity contribution in [1.29, 1.82) is 0 Å². The predicted molar refractivity (Wildman–Crippen MR) is 105 cm³/mol. The number of para-hydroxylation sites is 1. The predicted octanol–water partition coefficient (Wildman–Crippen LogP) is 6.93. The van der Waals surface area contributed by atoms with Crippen molar-refractivity contribution in [2.45, 2.75) is 45.4 Å². The molecule has 0 unspecified atom stereocenters. The molecular weight excluding hydrogens is 290 g/mol. The van der Waals surface area contributed by atoms with Crippen LogP contribution in [-0.2, 0) is 0 Å². The maximum absolute atomic E-state index is 4.40. The molecule has 1 nitrogen and oxygen atoms in total. The van der Waals surface area contributed by atoms with Gasteiger partial charge >= 0.3 is 0 Å². The van der Waals surface area contributed by atoms with Gasteiger partial charge in [0.25, 0.3) is 0 Å². The zero-order valence-electron chi connectivity index (χ0n) is 14.7. The van der Waals surface area contributed by atoms with Crippen LogP contribution < -0.4 is 4.90 Å². The zero-order valence-corrected chi connectivity index (χ0v) is 14.7. The van der Waals surface area contributed by atoms with Crippen molar-refractivity contribution >= 4 is 11.4 Å². The second kappa shape index (κ2) is 8.01. The van der Waals surface area contributed by atoms with Crippen LogP contribution in [0.5, 0.6) is 0 Å². The normalized spacial score (nSPS) is 14.3. The van der Waals surface area contributed by atoms with E-state index >= 15 is 0 Å². The molecule has 0 spiro atoms. The second-order valence-corrected chi connectivity index (χ2v) is 6.70. The lowest BCUT2D eigenvalue weighted by molar-refractivity contribution is 0.597. The maximum atomic E-state index is 4.40. The number of benzene rings is 2. The molecule has 0 bridgehead atoms. The Bertz CT molecular complexity index is 687. The molecule has 1 fully saturated rings. The number of aryl methyl sites for hydroxylation is 1. The number of nitrogens with zero attached hydrogens (tertiary/aromatic N) is 1. The molecule has 0 heterocycles. The van der Waals surface area contributed by atoms with E-state index in [9.17, 15) is 0 Å². The smallest absolute Gasteiger partial charge is 0.0458 e. The summed E-state index contributed by atoms with van der Waals surface area (Å²) >= 11 is 0. The Morgan fingerprint density at radius 1 is 0.917 bits per heavy atom. The van der Waals surface area contributed by atoms with E-state index in [0.717, 1.165) is 12.1 Å². The Morgan fingerprint density at radius 3 is 2.21 bits per heavy atom. The van der Waals surface area contributed by atoms with Crippen molar-refractivity contribution in [3.05, 3.63) is 84.1 Å². The number of hydrogen-bond acceptors (Lipinski definition) is 1. The maximum Gasteiger partial charge on any atom is 0.0458 e. The van der Waals surface area contributed by atoms with Crippen LogP contribution in [0.1, 0.15) is 44.1 Å². The van der Waals surface area contributed by atoms with E-state index in [2.05, 4.69) is 79.1 Å². The summed E-state index contributed by atoms with van der Waals surface area (Å²) in [5.74, 6) is 0. The molecule has 0 aromatic heterocycles. The summed E-state index contributed by atoms with van der Waals surface area (Å²) in [6.07, 6.45) is 9.94. The summed E-state index contributed by atoms with van der Waals surface area (Å²) in [5.41, 5.74) is 6.37. The van der Waals surface area contributed by atoms with Crippen molar-refractivity contribution in [2.75, 3.05) is 4.90 Å². The van der Waals surface area contributed by atoms with Gasteiger partial charge in [0, 0.05) is 23.5 Å². The van der Waals surface area contributed by atoms with Gasteiger partial charge in [-0.05, 0) is 56.9 Å². The molecule has 0 amide bonds. The Morgan fingerprint density at radius 2 is 1.54 bits per heavy atom. The van der Waals surface area contributed by atoms with E-state index in [1.807, 2.05) is 0 Å². The number of allylic oxidation sites excluding steroid dienone is 2. The summed E-state index contributed by atoms with van der Waals surface area (Å²) in [4.78, 5) is 2.28.